The van der Waals surface area contributed by atoms with E-state index in [1.165, 1.54) is 23.5 Å². The third kappa shape index (κ3) is 5.03. The SMILES string of the molecule is OCc1nc(NCCCc2ccc(C(F)(F)F)cc2)sc1-c1ccc2cnccc2c1. The Hall–Kier alpha value is -2.97. The minimum Gasteiger partial charge on any atom is -0.390 e. The molecule has 0 bridgehead atoms. The zero-order chi connectivity index (χ0) is 21.8. The van der Waals surface area contributed by atoms with Crippen molar-refractivity contribution in [2.24, 2.45) is 0 Å². The van der Waals surface area contributed by atoms with Crippen LogP contribution in [0.15, 0.2) is 60.9 Å². The first-order valence-corrected chi connectivity index (χ1v) is 10.6. The van der Waals surface area contributed by atoms with Crippen molar-refractivity contribution in [3.05, 3.63) is 77.7 Å². The summed E-state index contributed by atoms with van der Waals surface area (Å²) in [7, 11) is 0. The summed E-state index contributed by atoms with van der Waals surface area (Å²) in [5.74, 6) is 0. The Bertz CT molecular complexity index is 1170. The van der Waals surface area contributed by atoms with Gasteiger partial charge in [-0.1, -0.05) is 35.6 Å². The summed E-state index contributed by atoms with van der Waals surface area (Å²) in [6.07, 6.45) is 0.652. The van der Waals surface area contributed by atoms with Gasteiger partial charge < -0.3 is 10.4 Å². The number of anilines is 1. The molecule has 31 heavy (non-hydrogen) atoms. The highest BCUT2D eigenvalue weighted by Gasteiger charge is 2.29. The first kappa shape index (κ1) is 21.3. The Balaban J connectivity index is 1.39. The number of pyridine rings is 1. The Morgan fingerprint density at radius 3 is 2.55 bits per heavy atom. The number of aliphatic hydroxyl groups is 1. The maximum absolute atomic E-state index is 12.6. The van der Waals surface area contributed by atoms with Crippen LogP contribution in [0.5, 0.6) is 0 Å². The van der Waals surface area contributed by atoms with Crippen LogP contribution in [0.3, 0.4) is 0 Å². The van der Waals surface area contributed by atoms with Crippen molar-refractivity contribution in [1.29, 1.82) is 0 Å². The highest BCUT2D eigenvalue weighted by molar-refractivity contribution is 7.19. The molecule has 0 spiro atoms. The fraction of sp³-hybridized carbons (Fsp3) is 0.217. The zero-order valence-corrected chi connectivity index (χ0v) is 17.3. The molecule has 160 valence electrons. The van der Waals surface area contributed by atoms with E-state index in [0.717, 1.165) is 45.3 Å². The molecular weight excluding hydrogens is 423 g/mol. The smallest absolute Gasteiger partial charge is 0.390 e. The third-order valence-corrected chi connectivity index (χ3v) is 6.05. The number of benzene rings is 2. The quantitative estimate of drug-likeness (QED) is 0.349. The number of hydrogen-bond acceptors (Lipinski definition) is 5. The fourth-order valence-electron chi connectivity index (χ4n) is 3.33. The monoisotopic (exact) mass is 443 g/mol. The molecule has 2 heterocycles. The van der Waals surface area contributed by atoms with Gasteiger partial charge in [0.25, 0.3) is 0 Å². The van der Waals surface area contributed by atoms with Gasteiger partial charge in [0.15, 0.2) is 5.13 Å². The van der Waals surface area contributed by atoms with Crippen LogP contribution in [0.25, 0.3) is 21.2 Å². The number of nitrogens with one attached hydrogen (secondary N) is 1. The van der Waals surface area contributed by atoms with Crippen LogP contribution in [0.1, 0.15) is 23.2 Å². The molecular formula is C23H20F3N3OS. The Morgan fingerprint density at radius 1 is 1.00 bits per heavy atom. The molecule has 4 rings (SSSR count). The largest absolute Gasteiger partial charge is 0.416 e. The zero-order valence-electron chi connectivity index (χ0n) is 16.5. The molecule has 0 aliphatic carbocycles. The van der Waals surface area contributed by atoms with E-state index in [4.69, 9.17) is 0 Å². The minimum absolute atomic E-state index is 0.159. The first-order chi connectivity index (χ1) is 14.9. The van der Waals surface area contributed by atoms with E-state index in [2.05, 4.69) is 21.4 Å². The number of aliphatic hydroxyl groups excluding tert-OH is 1. The number of aryl methyl sites for hydroxylation is 1. The van der Waals surface area contributed by atoms with Gasteiger partial charge in [0.2, 0.25) is 0 Å². The van der Waals surface area contributed by atoms with Crippen LogP contribution in [-0.4, -0.2) is 21.6 Å². The lowest BCUT2D eigenvalue weighted by atomic mass is 10.1. The first-order valence-electron chi connectivity index (χ1n) is 9.79. The van der Waals surface area contributed by atoms with E-state index in [9.17, 15) is 18.3 Å². The predicted octanol–water partition coefficient (Wildman–Crippen LogP) is 5.91. The summed E-state index contributed by atoms with van der Waals surface area (Å²) in [4.78, 5) is 9.52. The highest BCUT2D eigenvalue weighted by Crippen LogP contribution is 2.35. The molecule has 8 heteroatoms. The molecule has 0 unspecified atom stereocenters. The second-order valence-electron chi connectivity index (χ2n) is 7.12. The van der Waals surface area contributed by atoms with Gasteiger partial charge in [-0.05, 0) is 53.6 Å². The molecule has 2 N–H and O–H groups in total. The molecule has 0 amide bonds. The van der Waals surface area contributed by atoms with Crippen LogP contribution in [0, 0.1) is 0 Å². The molecule has 4 aromatic rings. The molecule has 0 atom stereocenters. The molecule has 0 aliphatic heterocycles. The maximum Gasteiger partial charge on any atom is 0.416 e. The molecule has 0 saturated carbocycles. The molecule has 2 aromatic carbocycles. The predicted molar refractivity (Wildman–Crippen MR) is 117 cm³/mol. The van der Waals surface area contributed by atoms with Crippen LogP contribution < -0.4 is 5.32 Å². The minimum atomic E-state index is -4.31. The number of halogens is 3. The van der Waals surface area contributed by atoms with E-state index in [1.54, 1.807) is 6.20 Å². The summed E-state index contributed by atoms with van der Waals surface area (Å²) < 4.78 is 37.9. The van der Waals surface area contributed by atoms with Crippen molar-refractivity contribution in [2.45, 2.75) is 25.6 Å². The van der Waals surface area contributed by atoms with Crippen molar-refractivity contribution < 1.29 is 18.3 Å². The fourth-order valence-corrected chi connectivity index (χ4v) is 4.33. The second-order valence-corrected chi connectivity index (χ2v) is 8.11. The average Bonchev–Trinajstić information content (AvgIpc) is 3.19. The molecule has 0 fully saturated rings. The van der Waals surface area contributed by atoms with Crippen LogP contribution >= 0.6 is 11.3 Å². The molecule has 0 saturated heterocycles. The lowest BCUT2D eigenvalue weighted by Crippen LogP contribution is -2.05. The number of rotatable bonds is 7. The lowest BCUT2D eigenvalue weighted by molar-refractivity contribution is -0.137. The topological polar surface area (TPSA) is 58.0 Å². The van der Waals surface area contributed by atoms with Crippen molar-refractivity contribution in [1.82, 2.24) is 9.97 Å². The van der Waals surface area contributed by atoms with Crippen molar-refractivity contribution in [3.8, 4) is 10.4 Å². The van der Waals surface area contributed by atoms with E-state index in [0.29, 0.717) is 23.8 Å². The van der Waals surface area contributed by atoms with Gasteiger partial charge in [-0.3, -0.25) is 4.98 Å². The summed E-state index contributed by atoms with van der Waals surface area (Å²) >= 11 is 1.47. The van der Waals surface area contributed by atoms with Gasteiger partial charge in [0, 0.05) is 24.3 Å². The number of thiazole rings is 1. The number of nitrogens with zero attached hydrogens (tertiary/aromatic N) is 2. The van der Waals surface area contributed by atoms with E-state index in [-0.39, 0.29) is 6.61 Å². The van der Waals surface area contributed by atoms with Gasteiger partial charge in [0.05, 0.1) is 22.7 Å². The van der Waals surface area contributed by atoms with Gasteiger partial charge >= 0.3 is 6.18 Å². The molecule has 4 nitrogen and oxygen atoms in total. The van der Waals surface area contributed by atoms with Crippen molar-refractivity contribution in [3.63, 3.8) is 0 Å². The molecule has 0 radical (unpaired) electrons. The van der Waals surface area contributed by atoms with Crippen molar-refractivity contribution >= 4 is 27.2 Å². The van der Waals surface area contributed by atoms with E-state index < -0.39 is 11.7 Å². The third-order valence-electron chi connectivity index (χ3n) is 4.95. The standard InChI is InChI=1S/C23H20F3N3OS/c24-23(25,26)19-7-3-15(4-8-19)2-1-10-28-22-29-20(14-30)21(31-22)17-5-6-18-13-27-11-9-16(18)12-17/h3-9,11-13,30H,1-2,10,14H2,(H,28,29). The lowest BCUT2D eigenvalue weighted by Gasteiger charge is -2.07. The van der Waals surface area contributed by atoms with Crippen molar-refractivity contribution in [2.75, 3.05) is 11.9 Å². The Kier molecular flexibility index (Phi) is 6.20. The Labute approximate surface area is 181 Å². The average molecular weight is 443 g/mol. The maximum atomic E-state index is 12.6. The summed E-state index contributed by atoms with van der Waals surface area (Å²) in [6.45, 7) is 0.468. The number of fused-ring (bicyclic) bond motifs is 1. The van der Waals surface area contributed by atoms with Gasteiger partial charge in [-0.25, -0.2) is 4.98 Å². The summed E-state index contributed by atoms with van der Waals surface area (Å²) in [5.41, 5.74) is 1.82. The summed E-state index contributed by atoms with van der Waals surface area (Å²) in [6, 6.07) is 13.2. The number of aromatic nitrogens is 2. The van der Waals surface area contributed by atoms with Gasteiger partial charge in [0.1, 0.15) is 0 Å². The normalized spacial score (nSPS) is 11.7. The number of hydrogen-bond donors (Lipinski definition) is 2. The van der Waals surface area contributed by atoms with Crippen LogP contribution in [0.2, 0.25) is 0 Å². The van der Waals surface area contributed by atoms with E-state index in [1.807, 2.05) is 24.4 Å². The van der Waals surface area contributed by atoms with Gasteiger partial charge in [-0.15, -0.1) is 0 Å². The Morgan fingerprint density at radius 2 is 1.81 bits per heavy atom. The summed E-state index contributed by atoms with van der Waals surface area (Å²) in [5, 5.41) is 15.8. The number of alkyl halides is 3. The highest BCUT2D eigenvalue weighted by atomic mass is 32.1. The molecule has 2 aromatic heterocycles. The van der Waals surface area contributed by atoms with Crippen LogP contribution in [0.4, 0.5) is 18.3 Å². The van der Waals surface area contributed by atoms with Crippen LogP contribution in [-0.2, 0) is 19.2 Å². The molecule has 0 aliphatic rings. The second kappa shape index (κ2) is 9.03. The van der Waals surface area contributed by atoms with E-state index >= 15 is 0 Å². The van der Waals surface area contributed by atoms with Gasteiger partial charge in [-0.2, -0.15) is 13.2 Å².